The third-order valence-corrected chi connectivity index (χ3v) is 7.53. The molecule has 0 bridgehead atoms. The van der Waals surface area contributed by atoms with Crippen molar-refractivity contribution in [2.75, 3.05) is 36.7 Å². The number of rotatable bonds is 16. The van der Waals surface area contributed by atoms with Crippen molar-refractivity contribution in [3.05, 3.63) is 66.2 Å². The molecule has 2 N–H and O–H groups in total. The van der Waals surface area contributed by atoms with Gasteiger partial charge in [-0.1, -0.05) is 0 Å². The molecule has 0 aliphatic heterocycles. The highest BCUT2D eigenvalue weighted by molar-refractivity contribution is 7.99. The molecule has 0 saturated heterocycles. The van der Waals surface area contributed by atoms with E-state index in [9.17, 15) is 32.5 Å². The van der Waals surface area contributed by atoms with Crippen LogP contribution in [0.3, 0.4) is 0 Å². The summed E-state index contributed by atoms with van der Waals surface area (Å²) in [6.45, 7) is -1.24. The van der Waals surface area contributed by atoms with Gasteiger partial charge in [0, 0.05) is 61.0 Å². The highest BCUT2D eigenvalue weighted by Gasteiger charge is 2.13. The Kier molecular flexibility index (Phi) is 12.6. The van der Waals surface area contributed by atoms with Crippen molar-refractivity contribution >= 4 is 31.8 Å². The Morgan fingerprint density at radius 2 is 1.24 bits per heavy atom. The minimum absolute atomic E-state index is 0.0122. The second kappa shape index (κ2) is 15.1. The van der Waals surface area contributed by atoms with Gasteiger partial charge < -0.3 is 9.13 Å². The lowest BCUT2D eigenvalue weighted by atomic mass is 10.2. The molecule has 2 aromatic rings. The van der Waals surface area contributed by atoms with E-state index in [4.69, 9.17) is 9.05 Å². The van der Waals surface area contributed by atoms with Crippen molar-refractivity contribution in [1.82, 2.24) is 19.1 Å². The largest absolute Gasteiger partial charge is 0.328 e. The highest BCUT2D eigenvalue weighted by atomic mass is 32.2. The normalized spacial score (nSPS) is 14.1. The van der Waals surface area contributed by atoms with Gasteiger partial charge in [-0.25, -0.2) is 9.59 Å². The number of nitrogens with zero attached hydrogens (tertiary/aromatic N) is 2. The second-order valence-corrected chi connectivity index (χ2v) is 10.1. The van der Waals surface area contributed by atoms with Gasteiger partial charge in [0.2, 0.25) is 0 Å². The summed E-state index contributed by atoms with van der Waals surface area (Å²) in [4.78, 5) is 49.7. The fourth-order valence-electron chi connectivity index (χ4n) is 2.68. The zero-order valence-electron chi connectivity index (χ0n) is 17.9. The van der Waals surface area contributed by atoms with E-state index in [1.54, 1.807) is 0 Å². The second-order valence-electron chi connectivity index (χ2n) is 7.08. The first-order chi connectivity index (χ1) is 16.3. The summed E-state index contributed by atoms with van der Waals surface area (Å²) in [6, 6.07) is 2.35. The van der Waals surface area contributed by atoms with Crippen LogP contribution in [0, 0.1) is 11.8 Å². The summed E-state index contributed by atoms with van der Waals surface area (Å²) >= 11 is 2.35. The van der Waals surface area contributed by atoms with Crippen molar-refractivity contribution in [1.29, 1.82) is 0 Å². The lowest BCUT2D eigenvalue weighted by Crippen LogP contribution is -2.31. The van der Waals surface area contributed by atoms with E-state index in [0.29, 0.717) is 0 Å². The van der Waals surface area contributed by atoms with E-state index in [1.165, 1.54) is 57.2 Å². The predicted molar refractivity (Wildman–Crippen MR) is 127 cm³/mol. The lowest BCUT2D eigenvalue weighted by Gasteiger charge is -2.15. The molecule has 2 rings (SSSR count). The summed E-state index contributed by atoms with van der Waals surface area (Å²) in [5.41, 5.74) is -2.31. The molecular formula is C18H25F2N4O7PS2. The van der Waals surface area contributed by atoms with Crippen LogP contribution >= 0.6 is 31.8 Å². The van der Waals surface area contributed by atoms with Gasteiger partial charge in [-0.2, -0.15) is 0 Å². The number of halogens is 2. The lowest BCUT2D eigenvalue weighted by molar-refractivity contribution is 0.283. The Morgan fingerprint density at radius 3 is 1.59 bits per heavy atom. The fraction of sp³-hybridized carbons (Fsp3) is 0.556. The van der Waals surface area contributed by atoms with Gasteiger partial charge in [-0.3, -0.25) is 42.0 Å². The number of aromatic amines is 2. The molecule has 34 heavy (non-hydrogen) atoms. The number of hydrogen-bond acceptors (Lipinski definition) is 9. The molecule has 0 spiro atoms. The number of aromatic nitrogens is 4. The SMILES string of the molecule is O=c1ccn(CC(CF)CSCO[PH](=O)OCSCC(CF)Cn2ccc(=O)[nH]c2=O)c(=O)[nH]1. The number of nitrogens with one attached hydrogen (secondary N) is 2. The van der Waals surface area contributed by atoms with Gasteiger partial charge in [0.1, 0.15) is 11.9 Å². The smallest absolute Gasteiger partial charge is 0.300 e. The van der Waals surface area contributed by atoms with E-state index < -0.39 is 55.9 Å². The molecule has 2 heterocycles. The number of hydrogen-bond donors (Lipinski definition) is 2. The standard InChI is InChI=1S/C18H25F2N4O7PS2/c19-5-13(7-23-3-1-15(25)21-17(23)27)9-33-11-30-32(29)31-12-34-10-14(6-20)8-24-4-2-16(26)22-18(24)28/h1-4,13-14,32H,5-12H2,(H,21,25,27)(H,22,26,28). The first-order valence-corrected chi connectivity index (χ1v) is 13.5. The molecular weight excluding hydrogens is 517 g/mol. The molecule has 0 aliphatic carbocycles. The van der Waals surface area contributed by atoms with E-state index in [-0.39, 0.29) is 36.5 Å². The van der Waals surface area contributed by atoms with E-state index in [0.717, 1.165) is 0 Å². The molecule has 2 atom stereocenters. The van der Waals surface area contributed by atoms with Crippen LogP contribution in [-0.4, -0.2) is 55.8 Å². The molecule has 0 amide bonds. The van der Waals surface area contributed by atoms with Crippen LogP contribution in [0.2, 0.25) is 0 Å². The number of thioether (sulfide) groups is 2. The Bertz CT molecular complexity index is 1070. The third kappa shape index (κ3) is 10.1. The average molecular weight is 543 g/mol. The van der Waals surface area contributed by atoms with Crippen LogP contribution in [0.5, 0.6) is 0 Å². The van der Waals surface area contributed by atoms with Crippen molar-refractivity contribution in [3.63, 3.8) is 0 Å². The van der Waals surface area contributed by atoms with Crippen LogP contribution < -0.4 is 22.5 Å². The van der Waals surface area contributed by atoms with Crippen molar-refractivity contribution in [3.8, 4) is 0 Å². The molecule has 2 aromatic heterocycles. The van der Waals surface area contributed by atoms with E-state index >= 15 is 0 Å². The van der Waals surface area contributed by atoms with Gasteiger partial charge in [-0.15, -0.1) is 23.5 Å². The maximum absolute atomic E-state index is 13.2. The monoisotopic (exact) mass is 542 g/mol. The van der Waals surface area contributed by atoms with Crippen LogP contribution in [0.4, 0.5) is 8.78 Å². The highest BCUT2D eigenvalue weighted by Crippen LogP contribution is 2.28. The van der Waals surface area contributed by atoms with Gasteiger partial charge in [-0.05, 0) is 0 Å². The Labute approximate surface area is 201 Å². The average Bonchev–Trinajstić information content (AvgIpc) is 2.80. The van der Waals surface area contributed by atoms with Gasteiger partial charge >= 0.3 is 19.6 Å². The zero-order chi connectivity index (χ0) is 24.9. The van der Waals surface area contributed by atoms with Crippen molar-refractivity contribution in [2.45, 2.75) is 13.1 Å². The maximum Gasteiger partial charge on any atom is 0.328 e. The summed E-state index contributed by atoms with van der Waals surface area (Å²) in [5.74, 6) is -0.474. The molecule has 0 aromatic carbocycles. The summed E-state index contributed by atoms with van der Waals surface area (Å²) in [7, 11) is -2.81. The van der Waals surface area contributed by atoms with Crippen LogP contribution in [0.25, 0.3) is 0 Å². The maximum atomic E-state index is 13.2. The number of alkyl halides is 2. The van der Waals surface area contributed by atoms with Crippen LogP contribution in [0.15, 0.2) is 43.7 Å². The zero-order valence-corrected chi connectivity index (χ0v) is 20.6. The molecule has 0 saturated carbocycles. The van der Waals surface area contributed by atoms with Crippen LogP contribution in [-0.2, 0) is 26.7 Å². The van der Waals surface area contributed by atoms with Crippen molar-refractivity contribution < 1.29 is 22.4 Å². The molecule has 0 radical (unpaired) electrons. The van der Waals surface area contributed by atoms with E-state index in [1.807, 2.05) is 0 Å². The first kappa shape index (κ1) is 28.3. The van der Waals surface area contributed by atoms with Crippen molar-refractivity contribution in [2.24, 2.45) is 11.8 Å². The molecule has 190 valence electrons. The summed E-state index contributed by atoms with van der Waals surface area (Å²) < 4.78 is 50.8. The molecule has 16 heteroatoms. The Morgan fingerprint density at radius 1 is 0.824 bits per heavy atom. The predicted octanol–water partition coefficient (Wildman–Crippen LogP) is 1.06. The molecule has 0 fully saturated rings. The minimum atomic E-state index is -2.81. The van der Waals surface area contributed by atoms with Gasteiger partial charge in [0.05, 0.1) is 13.3 Å². The topological polar surface area (TPSA) is 145 Å². The van der Waals surface area contributed by atoms with Crippen LogP contribution in [0.1, 0.15) is 0 Å². The first-order valence-electron chi connectivity index (χ1n) is 9.99. The summed E-state index contributed by atoms with van der Waals surface area (Å²) in [5, 5.41) is 0. The summed E-state index contributed by atoms with van der Waals surface area (Å²) in [6.07, 6.45) is 2.59. The molecule has 0 aliphatic rings. The number of H-pyrrole nitrogens is 2. The van der Waals surface area contributed by atoms with Gasteiger partial charge in [0.15, 0.2) is 0 Å². The van der Waals surface area contributed by atoms with Gasteiger partial charge in [0.25, 0.3) is 11.1 Å². The minimum Gasteiger partial charge on any atom is -0.300 e. The third-order valence-electron chi connectivity index (χ3n) is 4.37. The molecule has 11 nitrogen and oxygen atoms in total. The fourth-order valence-corrected chi connectivity index (χ4v) is 5.44. The van der Waals surface area contributed by atoms with E-state index in [2.05, 4.69) is 9.97 Å². The molecule has 2 unspecified atom stereocenters. The Hall–Kier alpha value is -1.93. The quantitative estimate of drug-likeness (QED) is 0.181. The Balaban J connectivity index is 1.62.